The third-order valence-electron chi connectivity index (χ3n) is 3.51. The van der Waals surface area contributed by atoms with Gasteiger partial charge in [-0.25, -0.2) is 14.0 Å². The minimum Gasteiger partial charge on any atom is -0.449 e. The van der Waals surface area contributed by atoms with Gasteiger partial charge in [0, 0.05) is 11.4 Å². The van der Waals surface area contributed by atoms with Gasteiger partial charge >= 0.3 is 12.1 Å². The van der Waals surface area contributed by atoms with Gasteiger partial charge in [0.05, 0.1) is 5.56 Å². The number of amides is 2. The first-order valence-corrected chi connectivity index (χ1v) is 8.91. The van der Waals surface area contributed by atoms with E-state index in [2.05, 4.69) is 10.6 Å². The number of carbonyl (C=O) groups is 3. The topological polar surface area (TPSA) is 93.7 Å². The van der Waals surface area contributed by atoms with Gasteiger partial charge in [-0.3, -0.25) is 10.1 Å². The van der Waals surface area contributed by atoms with E-state index in [9.17, 15) is 18.8 Å². The van der Waals surface area contributed by atoms with Crippen molar-refractivity contribution < 1.29 is 28.2 Å². The van der Waals surface area contributed by atoms with Gasteiger partial charge in [-0.15, -0.1) is 0 Å². The molecule has 0 radical (unpaired) electrons. The van der Waals surface area contributed by atoms with Crippen LogP contribution in [-0.4, -0.2) is 29.7 Å². The molecule has 0 unspecified atom stereocenters. The van der Waals surface area contributed by atoms with Crippen molar-refractivity contribution in [2.45, 2.75) is 39.4 Å². The summed E-state index contributed by atoms with van der Waals surface area (Å²) in [6, 6.07) is 11.3. The lowest BCUT2D eigenvalue weighted by Gasteiger charge is -2.19. The monoisotopic (exact) mass is 402 g/mol. The third kappa shape index (κ3) is 7.25. The van der Waals surface area contributed by atoms with Crippen LogP contribution in [0.2, 0.25) is 0 Å². The van der Waals surface area contributed by atoms with Crippen molar-refractivity contribution in [3.8, 4) is 0 Å². The van der Waals surface area contributed by atoms with Crippen LogP contribution >= 0.6 is 0 Å². The number of halogens is 1. The van der Waals surface area contributed by atoms with Gasteiger partial charge < -0.3 is 14.8 Å². The fourth-order valence-electron chi connectivity index (χ4n) is 2.20. The van der Waals surface area contributed by atoms with E-state index in [0.717, 1.165) is 0 Å². The average molecular weight is 402 g/mol. The predicted molar refractivity (Wildman–Crippen MR) is 106 cm³/mol. The molecule has 0 bridgehead atoms. The largest absolute Gasteiger partial charge is 0.449 e. The van der Waals surface area contributed by atoms with Gasteiger partial charge in [-0.05, 0) is 70.2 Å². The fourth-order valence-corrected chi connectivity index (χ4v) is 2.20. The molecule has 29 heavy (non-hydrogen) atoms. The zero-order valence-electron chi connectivity index (χ0n) is 16.6. The maximum atomic E-state index is 12.9. The van der Waals surface area contributed by atoms with Crippen LogP contribution in [0.1, 0.15) is 38.1 Å². The number of hydrogen-bond acceptors (Lipinski definition) is 5. The SMILES string of the molecule is C[C@H](OC(=O)c1cccc(NC(=O)OC(C)(C)C)c1)C(=O)Nc1ccc(F)cc1. The molecule has 0 aromatic heterocycles. The normalized spacial score (nSPS) is 11.9. The second-order valence-electron chi connectivity index (χ2n) is 7.25. The molecule has 0 aliphatic carbocycles. The van der Waals surface area contributed by atoms with Gasteiger partial charge in [0.2, 0.25) is 0 Å². The average Bonchev–Trinajstić information content (AvgIpc) is 2.62. The highest BCUT2D eigenvalue weighted by molar-refractivity contribution is 5.98. The van der Waals surface area contributed by atoms with E-state index < -0.39 is 35.5 Å². The second kappa shape index (κ2) is 9.18. The summed E-state index contributed by atoms with van der Waals surface area (Å²) in [5, 5.41) is 5.06. The van der Waals surface area contributed by atoms with Gasteiger partial charge in [0.25, 0.3) is 5.91 Å². The summed E-state index contributed by atoms with van der Waals surface area (Å²) in [6.07, 6.45) is -1.75. The predicted octanol–water partition coefficient (Wildman–Crippen LogP) is 4.36. The first-order valence-electron chi connectivity index (χ1n) is 8.91. The van der Waals surface area contributed by atoms with Crippen LogP contribution < -0.4 is 10.6 Å². The Balaban J connectivity index is 1.96. The standard InChI is InChI=1S/C21H23FN2O5/c1-13(18(25)23-16-10-8-15(22)9-11-16)28-19(26)14-6-5-7-17(12-14)24-20(27)29-21(2,3)4/h5-13H,1-4H3,(H,23,25)(H,24,27)/t13-/m0/s1. The Hall–Kier alpha value is -3.42. The van der Waals surface area contributed by atoms with Crippen molar-refractivity contribution in [1.29, 1.82) is 0 Å². The summed E-state index contributed by atoms with van der Waals surface area (Å²) >= 11 is 0. The molecule has 0 saturated carbocycles. The lowest BCUT2D eigenvalue weighted by Crippen LogP contribution is -2.30. The molecular weight excluding hydrogens is 379 g/mol. The number of ether oxygens (including phenoxy) is 2. The Kier molecular flexibility index (Phi) is 6.93. The number of hydrogen-bond donors (Lipinski definition) is 2. The van der Waals surface area contributed by atoms with Gasteiger partial charge in [-0.1, -0.05) is 6.07 Å². The quantitative estimate of drug-likeness (QED) is 0.725. The summed E-state index contributed by atoms with van der Waals surface area (Å²) in [6.45, 7) is 6.62. The van der Waals surface area contributed by atoms with Crippen LogP contribution in [0.4, 0.5) is 20.6 Å². The zero-order chi connectivity index (χ0) is 21.6. The van der Waals surface area contributed by atoms with Crippen LogP contribution in [0.3, 0.4) is 0 Å². The second-order valence-corrected chi connectivity index (χ2v) is 7.25. The van der Waals surface area contributed by atoms with Crippen molar-refractivity contribution in [2.24, 2.45) is 0 Å². The first-order chi connectivity index (χ1) is 13.5. The summed E-state index contributed by atoms with van der Waals surface area (Å²) in [7, 11) is 0. The molecule has 0 heterocycles. The lowest BCUT2D eigenvalue weighted by molar-refractivity contribution is -0.123. The van der Waals surface area contributed by atoms with E-state index in [-0.39, 0.29) is 5.56 Å². The van der Waals surface area contributed by atoms with Crippen molar-refractivity contribution in [3.63, 3.8) is 0 Å². The minimum atomic E-state index is -1.09. The highest BCUT2D eigenvalue weighted by Crippen LogP contribution is 2.15. The number of esters is 1. The van der Waals surface area contributed by atoms with E-state index in [1.165, 1.54) is 43.3 Å². The Morgan fingerprint density at radius 1 is 0.966 bits per heavy atom. The number of anilines is 2. The number of carbonyl (C=O) groups excluding carboxylic acids is 3. The molecule has 0 aliphatic heterocycles. The molecule has 2 amide bonds. The van der Waals surface area contributed by atoms with Crippen molar-refractivity contribution in [1.82, 2.24) is 0 Å². The van der Waals surface area contributed by atoms with Crippen molar-refractivity contribution in [2.75, 3.05) is 10.6 Å². The lowest BCUT2D eigenvalue weighted by atomic mass is 10.2. The molecule has 2 aromatic rings. The van der Waals surface area contributed by atoms with Gasteiger partial charge in [-0.2, -0.15) is 0 Å². The summed E-state index contributed by atoms with van der Waals surface area (Å²) in [5.41, 5.74) is 0.216. The van der Waals surface area contributed by atoms with Crippen molar-refractivity contribution in [3.05, 3.63) is 59.9 Å². The molecule has 0 aliphatic rings. The molecule has 8 heteroatoms. The summed E-state index contributed by atoms with van der Waals surface area (Å²) in [5.74, 6) is -1.73. The molecule has 0 fully saturated rings. The number of benzene rings is 2. The van der Waals surface area contributed by atoms with E-state index in [4.69, 9.17) is 9.47 Å². The first kappa shape index (κ1) is 21.9. The van der Waals surface area contributed by atoms with Crippen LogP contribution in [0.15, 0.2) is 48.5 Å². The fraction of sp³-hybridized carbons (Fsp3) is 0.286. The van der Waals surface area contributed by atoms with E-state index >= 15 is 0 Å². The highest BCUT2D eigenvalue weighted by atomic mass is 19.1. The Morgan fingerprint density at radius 2 is 1.62 bits per heavy atom. The van der Waals surface area contributed by atoms with Crippen LogP contribution in [0.25, 0.3) is 0 Å². The summed E-state index contributed by atoms with van der Waals surface area (Å²) in [4.78, 5) is 36.3. The van der Waals surface area contributed by atoms with Gasteiger partial charge in [0.1, 0.15) is 11.4 Å². The molecule has 2 aromatic carbocycles. The van der Waals surface area contributed by atoms with Crippen LogP contribution in [-0.2, 0) is 14.3 Å². The number of nitrogens with one attached hydrogen (secondary N) is 2. The molecule has 0 spiro atoms. The maximum absolute atomic E-state index is 12.9. The minimum absolute atomic E-state index is 0.153. The van der Waals surface area contributed by atoms with E-state index in [1.54, 1.807) is 32.9 Å². The van der Waals surface area contributed by atoms with Crippen LogP contribution in [0.5, 0.6) is 0 Å². The third-order valence-corrected chi connectivity index (χ3v) is 3.51. The van der Waals surface area contributed by atoms with Crippen LogP contribution in [0, 0.1) is 5.82 Å². The highest BCUT2D eigenvalue weighted by Gasteiger charge is 2.20. The van der Waals surface area contributed by atoms with E-state index in [0.29, 0.717) is 11.4 Å². The maximum Gasteiger partial charge on any atom is 0.412 e. The Labute approximate surface area is 168 Å². The smallest absolute Gasteiger partial charge is 0.412 e. The molecule has 2 rings (SSSR count). The zero-order valence-corrected chi connectivity index (χ0v) is 16.6. The Bertz CT molecular complexity index is 891. The molecule has 2 N–H and O–H groups in total. The molecular formula is C21H23FN2O5. The van der Waals surface area contributed by atoms with Crippen molar-refractivity contribution >= 4 is 29.3 Å². The van der Waals surface area contributed by atoms with Gasteiger partial charge in [0.15, 0.2) is 6.10 Å². The van der Waals surface area contributed by atoms with E-state index in [1.807, 2.05) is 0 Å². The molecule has 1 atom stereocenters. The molecule has 7 nitrogen and oxygen atoms in total. The Morgan fingerprint density at radius 3 is 2.24 bits per heavy atom. The molecule has 154 valence electrons. The molecule has 0 saturated heterocycles. The number of rotatable bonds is 5. The summed E-state index contributed by atoms with van der Waals surface area (Å²) < 4.78 is 23.2.